The molecule has 3 heterocycles. The summed E-state index contributed by atoms with van der Waals surface area (Å²) in [6, 6.07) is 13.5. The van der Waals surface area contributed by atoms with Crippen molar-refractivity contribution in [3.05, 3.63) is 76.5 Å². The lowest BCUT2D eigenvalue weighted by Crippen LogP contribution is -2.42. The topological polar surface area (TPSA) is 49.6 Å². The van der Waals surface area contributed by atoms with Gasteiger partial charge < -0.3 is 5.32 Å². The Morgan fingerprint density at radius 1 is 1.10 bits per heavy atom. The lowest BCUT2D eigenvalue weighted by Gasteiger charge is -2.45. The molecule has 0 amide bonds. The van der Waals surface area contributed by atoms with Crippen LogP contribution in [-0.2, 0) is 5.41 Å². The van der Waals surface area contributed by atoms with Crippen LogP contribution in [0.4, 0.5) is 0 Å². The summed E-state index contributed by atoms with van der Waals surface area (Å²) in [7, 11) is 0. The van der Waals surface area contributed by atoms with E-state index in [0.717, 1.165) is 23.9 Å². The highest BCUT2D eigenvalue weighted by Crippen LogP contribution is 2.57. The van der Waals surface area contributed by atoms with Crippen molar-refractivity contribution in [3.63, 3.8) is 0 Å². The fraction of sp³-hybridized carbons (Fsp3) is 0.423. The predicted molar refractivity (Wildman–Crippen MR) is 119 cm³/mol. The molecule has 152 valence electrons. The van der Waals surface area contributed by atoms with Gasteiger partial charge in [0.05, 0.1) is 6.54 Å². The van der Waals surface area contributed by atoms with Gasteiger partial charge in [-0.05, 0) is 91.3 Å². The minimum Gasteiger partial charge on any atom is -0.342 e. The number of hydrogen-bond donors (Lipinski definition) is 1. The van der Waals surface area contributed by atoms with Gasteiger partial charge >= 0.3 is 0 Å². The Morgan fingerprint density at radius 3 is 2.87 bits per heavy atom. The Bertz CT molecular complexity index is 1130. The Labute approximate surface area is 178 Å². The molecule has 2 aliphatic carbocycles. The number of fused-ring (bicyclic) bond motifs is 3. The zero-order valence-electron chi connectivity index (χ0n) is 17.8. The molecule has 1 N–H and O–H groups in total. The molecule has 4 aliphatic rings. The van der Waals surface area contributed by atoms with Gasteiger partial charge in [0, 0.05) is 28.6 Å². The third-order valence-electron chi connectivity index (χ3n) is 7.85. The number of benzene rings is 1. The molecular weight excluding hydrogens is 368 g/mol. The van der Waals surface area contributed by atoms with E-state index in [1.165, 1.54) is 53.6 Å². The van der Waals surface area contributed by atoms with E-state index in [1.807, 2.05) is 6.20 Å². The number of rotatable bonds is 3. The van der Waals surface area contributed by atoms with Gasteiger partial charge in [0.2, 0.25) is 0 Å². The number of nitrogens with zero attached hydrogens (tertiary/aromatic N) is 3. The van der Waals surface area contributed by atoms with Crippen LogP contribution >= 0.6 is 0 Å². The first-order valence-electron chi connectivity index (χ1n) is 11.3. The van der Waals surface area contributed by atoms with Crippen LogP contribution in [-0.4, -0.2) is 11.5 Å². The summed E-state index contributed by atoms with van der Waals surface area (Å²) in [5, 5.41) is 12.8. The van der Waals surface area contributed by atoms with Gasteiger partial charge in [0.15, 0.2) is 5.82 Å². The van der Waals surface area contributed by atoms with E-state index in [4.69, 9.17) is 0 Å². The lowest BCUT2D eigenvalue weighted by molar-refractivity contribution is 0.397. The highest BCUT2D eigenvalue weighted by molar-refractivity contribution is 5.67. The zero-order chi connectivity index (χ0) is 20.3. The minimum absolute atomic E-state index is 0.0846. The Kier molecular flexibility index (Phi) is 3.99. The van der Waals surface area contributed by atoms with Gasteiger partial charge in [0.1, 0.15) is 0 Å². The van der Waals surface area contributed by atoms with Crippen molar-refractivity contribution < 1.29 is 0 Å². The molecule has 0 spiro atoms. The van der Waals surface area contributed by atoms with Crippen molar-refractivity contribution in [2.45, 2.75) is 51.4 Å². The first-order chi connectivity index (χ1) is 14.7. The fourth-order valence-corrected chi connectivity index (χ4v) is 6.48. The third kappa shape index (κ3) is 2.49. The second kappa shape index (κ2) is 6.63. The molecule has 1 saturated carbocycles. The molecule has 30 heavy (non-hydrogen) atoms. The molecular formula is C26H28N4. The van der Waals surface area contributed by atoms with Crippen molar-refractivity contribution >= 4 is 0 Å². The smallest absolute Gasteiger partial charge is 0.154 e. The SMILES string of the molecule is CC[C@@]1(c2cccc(-c3ccnc(C)c3)c2)C2=C(N=NC2)NC2=C1C[C@@H]1CC[C@H]2C1. The minimum atomic E-state index is -0.0846. The normalized spacial score (nSPS) is 29.1. The number of hydrogen-bond acceptors (Lipinski definition) is 4. The highest BCUT2D eigenvalue weighted by atomic mass is 15.2. The molecule has 2 aliphatic heterocycles. The highest BCUT2D eigenvalue weighted by Gasteiger charge is 2.50. The molecule has 4 heteroatoms. The molecule has 6 rings (SSSR count). The second-order valence-electron chi connectivity index (χ2n) is 9.35. The number of allylic oxidation sites excluding steroid dienone is 2. The number of aryl methyl sites for hydroxylation is 1. The van der Waals surface area contributed by atoms with Crippen LogP contribution in [0, 0.1) is 18.8 Å². The zero-order valence-corrected chi connectivity index (χ0v) is 17.8. The van der Waals surface area contributed by atoms with E-state index in [0.29, 0.717) is 12.5 Å². The quantitative estimate of drug-likeness (QED) is 0.685. The summed E-state index contributed by atoms with van der Waals surface area (Å²) >= 11 is 0. The van der Waals surface area contributed by atoms with Gasteiger partial charge in [-0.15, -0.1) is 5.11 Å². The van der Waals surface area contributed by atoms with Gasteiger partial charge in [0.25, 0.3) is 0 Å². The number of azo groups is 1. The van der Waals surface area contributed by atoms with Crippen molar-refractivity contribution in [1.82, 2.24) is 10.3 Å². The van der Waals surface area contributed by atoms with E-state index in [2.05, 4.69) is 70.8 Å². The maximum absolute atomic E-state index is 4.54. The lowest BCUT2D eigenvalue weighted by atomic mass is 9.61. The predicted octanol–water partition coefficient (Wildman–Crippen LogP) is 6.06. The fourth-order valence-electron chi connectivity index (χ4n) is 6.48. The molecule has 4 nitrogen and oxygen atoms in total. The van der Waals surface area contributed by atoms with Crippen molar-refractivity contribution in [2.24, 2.45) is 22.1 Å². The van der Waals surface area contributed by atoms with Crippen LogP contribution in [0.25, 0.3) is 11.1 Å². The first kappa shape index (κ1) is 18.1. The van der Waals surface area contributed by atoms with E-state index < -0.39 is 0 Å². The summed E-state index contributed by atoms with van der Waals surface area (Å²) in [5.41, 5.74) is 9.32. The maximum Gasteiger partial charge on any atom is 0.154 e. The average Bonchev–Trinajstić information content (AvgIpc) is 3.40. The van der Waals surface area contributed by atoms with Crippen molar-refractivity contribution in [1.29, 1.82) is 0 Å². The third-order valence-corrected chi connectivity index (χ3v) is 7.85. The van der Waals surface area contributed by atoms with E-state index in [9.17, 15) is 0 Å². The van der Waals surface area contributed by atoms with Crippen molar-refractivity contribution in [3.8, 4) is 11.1 Å². The van der Waals surface area contributed by atoms with Crippen LogP contribution < -0.4 is 5.32 Å². The van der Waals surface area contributed by atoms with Crippen LogP contribution in [0.1, 0.15) is 50.3 Å². The molecule has 3 atom stereocenters. The van der Waals surface area contributed by atoms with Gasteiger partial charge in [-0.25, -0.2) is 0 Å². The number of pyridine rings is 1. The second-order valence-corrected chi connectivity index (χ2v) is 9.35. The molecule has 2 bridgehead atoms. The first-order valence-corrected chi connectivity index (χ1v) is 11.3. The van der Waals surface area contributed by atoms with E-state index in [-0.39, 0.29) is 5.41 Å². The van der Waals surface area contributed by atoms with Crippen LogP contribution in [0.3, 0.4) is 0 Å². The molecule has 0 unspecified atom stereocenters. The molecule has 1 aromatic heterocycles. The summed E-state index contributed by atoms with van der Waals surface area (Å²) in [6.07, 6.45) is 8.18. The van der Waals surface area contributed by atoms with Crippen LogP contribution in [0.15, 0.2) is 75.5 Å². The molecule has 0 radical (unpaired) electrons. The van der Waals surface area contributed by atoms with E-state index >= 15 is 0 Å². The molecule has 2 aromatic rings. The molecule has 1 fully saturated rings. The number of nitrogens with one attached hydrogen (secondary N) is 1. The Balaban J connectivity index is 1.55. The van der Waals surface area contributed by atoms with Crippen molar-refractivity contribution in [2.75, 3.05) is 6.54 Å². The molecule has 0 saturated heterocycles. The Morgan fingerprint density at radius 2 is 2.00 bits per heavy atom. The Hall–Kier alpha value is -2.75. The summed E-state index contributed by atoms with van der Waals surface area (Å²) in [6.45, 7) is 5.11. The summed E-state index contributed by atoms with van der Waals surface area (Å²) in [5.74, 6) is 2.52. The molecule has 1 aromatic carbocycles. The average molecular weight is 397 g/mol. The largest absolute Gasteiger partial charge is 0.342 e. The number of dihydropyridines is 1. The van der Waals surface area contributed by atoms with Gasteiger partial charge in [-0.2, -0.15) is 5.11 Å². The van der Waals surface area contributed by atoms with Crippen LogP contribution in [0.5, 0.6) is 0 Å². The van der Waals surface area contributed by atoms with E-state index in [1.54, 1.807) is 5.57 Å². The van der Waals surface area contributed by atoms with Gasteiger partial charge in [-0.1, -0.05) is 25.1 Å². The summed E-state index contributed by atoms with van der Waals surface area (Å²) in [4.78, 5) is 4.38. The number of aromatic nitrogens is 1. The summed E-state index contributed by atoms with van der Waals surface area (Å²) < 4.78 is 0. The van der Waals surface area contributed by atoms with Gasteiger partial charge in [-0.3, -0.25) is 4.98 Å². The standard InChI is InChI=1S/C26H28N4/c1-3-26(21-6-4-5-18(14-21)19-9-10-27-16(2)11-19)22-13-17-7-8-20(12-17)24(22)29-25-23(26)15-28-30-25/h4-6,9-11,14,17,20,29H,3,7-8,12-13,15H2,1-2H3/t17-,20+,26+/m1/s1. The van der Waals surface area contributed by atoms with Crippen LogP contribution in [0.2, 0.25) is 0 Å². The monoisotopic (exact) mass is 396 g/mol. The maximum atomic E-state index is 4.54.